The van der Waals surface area contributed by atoms with Gasteiger partial charge in [0.25, 0.3) is 5.91 Å². The van der Waals surface area contributed by atoms with Gasteiger partial charge in [0.2, 0.25) is 6.79 Å². The minimum absolute atomic E-state index is 0.182. The quantitative estimate of drug-likeness (QED) is 0.615. The van der Waals surface area contributed by atoms with E-state index in [0.717, 1.165) is 0 Å². The number of hydrogen-bond acceptors (Lipinski definition) is 5. The van der Waals surface area contributed by atoms with Crippen molar-refractivity contribution in [3.63, 3.8) is 0 Å². The summed E-state index contributed by atoms with van der Waals surface area (Å²) in [5.41, 5.74) is 2.94. The van der Waals surface area contributed by atoms with Gasteiger partial charge in [-0.2, -0.15) is 10.4 Å². The molecular formula is C11H9N3O3. The van der Waals surface area contributed by atoms with Crippen molar-refractivity contribution in [1.29, 1.82) is 5.26 Å². The van der Waals surface area contributed by atoms with Crippen LogP contribution in [0.15, 0.2) is 23.3 Å². The summed E-state index contributed by atoms with van der Waals surface area (Å²) in [6.07, 6.45) is 1.23. The molecule has 0 saturated carbocycles. The highest BCUT2D eigenvalue weighted by Gasteiger charge is 2.15. The first-order valence-electron chi connectivity index (χ1n) is 4.88. The molecule has 6 heteroatoms. The summed E-state index contributed by atoms with van der Waals surface area (Å²) in [6, 6.07) is 7.10. The number of hydrogen-bond donors (Lipinski definition) is 1. The van der Waals surface area contributed by atoms with Crippen LogP contribution in [0.3, 0.4) is 0 Å². The predicted molar refractivity (Wildman–Crippen MR) is 58.5 cm³/mol. The number of benzene rings is 1. The molecule has 1 aliphatic heterocycles. The maximum absolute atomic E-state index is 11.0. The molecule has 2 rings (SSSR count). The number of nitriles is 1. The van der Waals surface area contributed by atoms with Gasteiger partial charge in [-0.1, -0.05) is 6.07 Å². The lowest BCUT2D eigenvalue weighted by Gasteiger charge is -1.99. The van der Waals surface area contributed by atoms with E-state index in [4.69, 9.17) is 14.7 Å². The average molecular weight is 231 g/mol. The Bertz CT molecular complexity index is 505. The van der Waals surface area contributed by atoms with Crippen LogP contribution >= 0.6 is 0 Å². The number of fused-ring (bicyclic) bond motifs is 1. The van der Waals surface area contributed by atoms with Crippen LogP contribution in [-0.4, -0.2) is 18.9 Å². The highest BCUT2D eigenvalue weighted by atomic mass is 16.7. The molecule has 86 valence electrons. The van der Waals surface area contributed by atoms with Gasteiger partial charge in [-0.15, -0.1) is 0 Å². The zero-order valence-corrected chi connectivity index (χ0v) is 8.84. The van der Waals surface area contributed by atoms with Gasteiger partial charge in [0.15, 0.2) is 11.5 Å². The highest BCUT2D eigenvalue weighted by molar-refractivity contribution is 5.86. The molecule has 0 unspecified atom stereocenters. The van der Waals surface area contributed by atoms with Gasteiger partial charge < -0.3 is 9.47 Å². The fourth-order valence-electron chi connectivity index (χ4n) is 1.34. The van der Waals surface area contributed by atoms with Crippen molar-refractivity contribution in [3.8, 4) is 17.6 Å². The van der Waals surface area contributed by atoms with Gasteiger partial charge >= 0.3 is 0 Å². The van der Waals surface area contributed by atoms with Crippen molar-refractivity contribution in [1.82, 2.24) is 5.43 Å². The van der Waals surface area contributed by atoms with E-state index >= 15 is 0 Å². The zero-order valence-electron chi connectivity index (χ0n) is 8.84. The molecule has 0 saturated heterocycles. The van der Waals surface area contributed by atoms with Crippen LogP contribution in [0.4, 0.5) is 0 Å². The van der Waals surface area contributed by atoms with Gasteiger partial charge in [0, 0.05) is 5.56 Å². The Labute approximate surface area is 97.4 Å². The summed E-state index contributed by atoms with van der Waals surface area (Å²) in [5.74, 6) is 0.802. The predicted octanol–water partition coefficient (Wildman–Crippen LogP) is 0.779. The first-order valence-corrected chi connectivity index (χ1v) is 4.88. The Morgan fingerprint density at radius 2 is 2.47 bits per heavy atom. The molecule has 0 fully saturated rings. The lowest BCUT2D eigenvalue weighted by atomic mass is 10.2. The summed E-state index contributed by atoms with van der Waals surface area (Å²) in [6.45, 7) is 0.182. The number of carbonyl (C=O) groups is 1. The molecule has 0 bridgehead atoms. The minimum atomic E-state index is -0.450. The second kappa shape index (κ2) is 4.99. The molecular weight excluding hydrogens is 222 g/mol. The van der Waals surface area contributed by atoms with Gasteiger partial charge in [0.1, 0.15) is 6.42 Å². The Balaban J connectivity index is 2.05. The van der Waals surface area contributed by atoms with Crippen molar-refractivity contribution in [2.24, 2.45) is 5.10 Å². The van der Waals surface area contributed by atoms with E-state index in [1.54, 1.807) is 24.3 Å². The number of amides is 1. The molecule has 1 aromatic carbocycles. The van der Waals surface area contributed by atoms with E-state index in [9.17, 15) is 4.79 Å². The number of carbonyl (C=O) groups excluding carboxylic acids is 1. The van der Waals surface area contributed by atoms with E-state index in [1.165, 1.54) is 6.21 Å². The van der Waals surface area contributed by atoms with Crippen molar-refractivity contribution < 1.29 is 14.3 Å². The molecule has 0 aliphatic carbocycles. The third kappa shape index (κ3) is 2.52. The van der Waals surface area contributed by atoms with Crippen molar-refractivity contribution >= 4 is 12.1 Å². The second-order valence-corrected chi connectivity index (χ2v) is 3.21. The van der Waals surface area contributed by atoms with Crippen LogP contribution in [0.1, 0.15) is 12.0 Å². The average Bonchev–Trinajstić information content (AvgIpc) is 2.78. The van der Waals surface area contributed by atoms with Gasteiger partial charge in [-0.3, -0.25) is 4.79 Å². The minimum Gasteiger partial charge on any atom is -0.454 e. The van der Waals surface area contributed by atoms with Crippen LogP contribution in [0, 0.1) is 11.3 Å². The van der Waals surface area contributed by atoms with Crippen molar-refractivity contribution in [2.75, 3.05) is 6.79 Å². The van der Waals surface area contributed by atoms with Crippen LogP contribution in [0.2, 0.25) is 0 Å². The number of hydrazone groups is 1. The molecule has 0 atom stereocenters. The summed E-state index contributed by atoms with van der Waals surface area (Å²) >= 11 is 0. The Morgan fingerprint density at radius 1 is 1.59 bits per heavy atom. The van der Waals surface area contributed by atoms with E-state index in [-0.39, 0.29) is 13.2 Å². The SMILES string of the molecule is N#CCC(=O)N/N=C/c1cccc2c1OCO2. The molecule has 1 aliphatic rings. The number of para-hydroxylation sites is 1. The fourth-order valence-corrected chi connectivity index (χ4v) is 1.34. The second-order valence-electron chi connectivity index (χ2n) is 3.21. The molecule has 17 heavy (non-hydrogen) atoms. The van der Waals surface area contributed by atoms with E-state index in [1.807, 2.05) is 0 Å². The molecule has 1 heterocycles. The third-order valence-corrected chi connectivity index (χ3v) is 2.06. The molecule has 0 spiro atoms. The molecule has 1 amide bonds. The van der Waals surface area contributed by atoms with E-state index in [0.29, 0.717) is 17.1 Å². The summed E-state index contributed by atoms with van der Waals surface area (Å²) in [4.78, 5) is 11.0. The van der Waals surface area contributed by atoms with Gasteiger partial charge in [0.05, 0.1) is 12.3 Å². The smallest absolute Gasteiger partial charge is 0.254 e. The molecule has 1 aromatic rings. The Kier molecular flexibility index (Phi) is 3.21. The number of rotatable bonds is 3. The summed E-state index contributed by atoms with van der Waals surface area (Å²) in [5, 5.41) is 12.0. The monoisotopic (exact) mass is 231 g/mol. The Hall–Kier alpha value is -2.55. The van der Waals surface area contributed by atoms with Crippen molar-refractivity contribution in [2.45, 2.75) is 6.42 Å². The molecule has 1 N–H and O–H groups in total. The van der Waals surface area contributed by atoms with E-state index in [2.05, 4.69) is 10.5 Å². The zero-order chi connectivity index (χ0) is 12.1. The first-order chi connectivity index (χ1) is 8.31. The van der Waals surface area contributed by atoms with Crippen LogP contribution in [0.5, 0.6) is 11.5 Å². The van der Waals surface area contributed by atoms with E-state index < -0.39 is 5.91 Å². The lowest BCUT2D eigenvalue weighted by molar-refractivity contribution is -0.120. The molecule has 0 aromatic heterocycles. The van der Waals surface area contributed by atoms with Crippen LogP contribution in [-0.2, 0) is 4.79 Å². The number of nitrogens with zero attached hydrogens (tertiary/aromatic N) is 2. The Morgan fingerprint density at radius 3 is 3.29 bits per heavy atom. The summed E-state index contributed by atoms with van der Waals surface area (Å²) < 4.78 is 10.4. The highest BCUT2D eigenvalue weighted by Crippen LogP contribution is 2.34. The van der Waals surface area contributed by atoms with Gasteiger partial charge in [-0.25, -0.2) is 5.43 Å². The largest absolute Gasteiger partial charge is 0.454 e. The van der Waals surface area contributed by atoms with Crippen LogP contribution in [0.25, 0.3) is 0 Å². The first kappa shape index (κ1) is 11.0. The molecule has 0 radical (unpaired) electrons. The normalized spacial score (nSPS) is 12.4. The molecule has 6 nitrogen and oxygen atoms in total. The maximum Gasteiger partial charge on any atom is 0.254 e. The topological polar surface area (TPSA) is 83.7 Å². The fraction of sp³-hybridized carbons (Fsp3) is 0.182. The van der Waals surface area contributed by atoms with Crippen LogP contribution < -0.4 is 14.9 Å². The van der Waals surface area contributed by atoms with Gasteiger partial charge in [-0.05, 0) is 12.1 Å². The maximum atomic E-state index is 11.0. The number of ether oxygens (including phenoxy) is 2. The summed E-state index contributed by atoms with van der Waals surface area (Å²) in [7, 11) is 0. The van der Waals surface area contributed by atoms with Crippen molar-refractivity contribution in [3.05, 3.63) is 23.8 Å². The third-order valence-electron chi connectivity index (χ3n) is 2.06. The lowest BCUT2D eigenvalue weighted by Crippen LogP contribution is -2.16. The number of nitrogens with one attached hydrogen (secondary N) is 1. The standard InChI is InChI=1S/C11H9N3O3/c12-5-4-10(15)14-13-6-8-2-1-3-9-11(8)17-7-16-9/h1-3,6H,4,7H2,(H,14,15)/b13-6+.